The van der Waals surface area contributed by atoms with Crippen molar-refractivity contribution in [2.24, 2.45) is 5.92 Å². The quantitative estimate of drug-likeness (QED) is 0.454. The van der Waals surface area contributed by atoms with E-state index >= 15 is 0 Å². The van der Waals surface area contributed by atoms with Crippen molar-refractivity contribution in [3.05, 3.63) is 68.8 Å². The van der Waals surface area contributed by atoms with Crippen LogP contribution in [0.5, 0.6) is 0 Å². The zero-order chi connectivity index (χ0) is 21.3. The fourth-order valence-corrected chi connectivity index (χ4v) is 3.17. The third-order valence-electron chi connectivity index (χ3n) is 4.91. The molecule has 1 heterocycles. The van der Waals surface area contributed by atoms with E-state index < -0.39 is 16.7 Å². The smallest absolute Gasteiger partial charge is 0.274 e. The van der Waals surface area contributed by atoms with Gasteiger partial charge in [-0.05, 0) is 43.5 Å². The van der Waals surface area contributed by atoms with E-state index in [0.717, 1.165) is 0 Å². The van der Waals surface area contributed by atoms with Crippen LogP contribution >= 0.6 is 0 Å². The Hall–Kier alpha value is -3.55. The fraction of sp³-hybridized carbons (Fsp3) is 0.286. The molecule has 0 fully saturated rings. The maximum Gasteiger partial charge on any atom is 0.274 e. The molecule has 150 valence electrons. The lowest BCUT2D eigenvalue weighted by atomic mass is 10.0. The van der Waals surface area contributed by atoms with E-state index in [4.69, 9.17) is 0 Å². The Kier molecular flexibility index (Phi) is 5.45. The number of fused-ring (bicyclic) bond motifs is 1. The summed E-state index contributed by atoms with van der Waals surface area (Å²) in [5, 5.41) is 13.7. The normalized spacial score (nSPS) is 13.0. The lowest BCUT2D eigenvalue weighted by Crippen LogP contribution is -2.31. The van der Waals surface area contributed by atoms with Gasteiger partial charge >= 0.3 is 0 Å². The molecule has 0 saturated heterocycles. The van der Waals surface area contributed by atoms with Gasteiger partial charge in [-0.15, -0.1) is 0 Å². The van der Waals surface area contributed by atoms with Gasteiger partial charge in [0, 0.05) is 18.2 Å². The number of carbonyl (C=O) groups excluding carboxylic acids is 3. The zero-order valence-corrected chi connectivity index (χ0v) is 16.4. The first-order chi connectivity index (χ1) is 13.7. The van der Waals surface area contributed by atoms with E-state index in [9.17, 15) is 24.5 Å². The minimum atomic E-state index is -0.517. The number of benzene rings is 2. The molecular formula is C21H21N3O5. The monoisotopic (exact) mass is 395 g/mol. The number of anilines is 1. The largest absolute Gasteiger partial charge is 0.321 e. The lowest BCUT2D eigenvalue weighted by Gasteiger charge is -2.14. The van der Waals surface area contributed by atoms with Crippen LogP contribution in [0.15, 0.2) is 36.4 Å². The second-order valence-corrected chi connectivity index (χ2v) is 7.37. The highest BCUT2D eigenvalue weighted by Crippen LogP contribution is 2.27. The second kappa shape index (κ2) is 7.83. The van der Waals surface area contributed by atoms with Crippen LogP contribution in [0.4, 0.5) is 11.4 Å². The molecule has 1 N–H and O–H groups in total. The number of hydrogen-bond donors (Lipinski definition) is 1. The Labute approximate surface area is 167 Å². The first kappa shape index (κ1) is 20.2. The molecule has 29 heavy (non-hydrogen) atoms. The van der Waals surface area contributed by atoms with Crippen LogP contribution in [0.1, 0.15) is 56.9 Å². The van der Waals surface area contributed by atoms with Crippen molar-refractivity contribution in [1.29, 1.82) is 0 Å². The molecule has 0 spiro atoms. The zero-order valence-electron chi connectivity index (χ0n) is 16.4. The van der Waals surface area contributed by atoms with Gasteiger partial charge in [0.25, 0.3) is 23.4 Å². The minimum Gasteiger partial charge on any atom is -0.321 e. The van der Waals surface area contributed by atoms with Gasteiger partial charge in [-0.3, -0.25) is 29.4 Å². The highest BCUT2D eigenvalue weighted by molar-refractivity contribution is 6.22. The van der Waals surface area contributed by atoms with Gasteiger partial charge in [0.1, 0.15) is 0 Å². The number of nitro groups is 1. The minimum absolute atomic E-state index is 0.0988. The molecule has 3 rings (SSSR count). The molecule has 0 aliphatic carbocycles. The van der Waals surface area contributed by atoms with Gasteiger partial charge in [0.2, 0.25) is 0 Å². The Morgan fingerprint density at radius 1 is 1.14 bits per heavy atom. The van der Waals surface area contributed by atoms with Crippen LogP contribution in [0, 0.1) is 23.0 Å². The number of nitrogens with zero attached hydrogens (tertiary/aromatic N) is 2. The van der Waals surface area contributed by atoms with Crippen molar-refractivity contribution in [2.75, 3.05) is 11.9 Å². The molecule has 0 atom stereocenters. The topological polar surface area (TPSA) is 110 Å². The van der Waals surface area contributed by atoms with Gasteiger partial charge in [0.15, 0.2) is 0 Å². The van der Waals surface area contributed by atoms with Crippen molar-refractivity contribution in [2.45, 2.75) is 27.2 Å². The van der Waals surface area contributed by atoms with Crippen LogP contribution in [0.2, 0.25) is 0 Å². The van der Waals surface area contributed by atoms with Crippen molar-refractivity contribution in [3.8, 4) is 0 Å². The molecule has 0 unspecified atom stereocenters. The number of imide groups is 1. The summed E-state index contributed by atoms with van der Waals surface area (Å²) in [5.41, 5.74) is 1.22. The summed E-state index contributed by atoms with van der Waals surface area (Å²) in [6, 6.07) is 8.75. The van der Waals surface area contributed by atoms with E-state index in [1.807, 2.05) is 13.8 Å². The van der Waals surface area contributed by atoms with Gasteiger partial charge < -0.3 is 5.32 Å². The first-order valence-corrected chi connectivity index (χ1v) is 9.26. The standard InChI is InChI=1S/C21H21N3O5/c1-12(2)9-10-23-20(26)15-8-7-14(11-16(15)21(23)27)19(25)22-17-5-4-6-18(13(17)3)24(28)29/h4-8,11-12H,9-10H2,1-3H3,(H,22,25). The Balaban J connectivity index is 1.84. The van der Waals surface area contributed by atoms with Gasteiger partial charge in [0.05, 0.1) is 27.3 Å². The third kappa shape index (κ3) is 3.87. The molecule has 0 bridgehead atoms. The Morgan fingerprint density at radius 2 is 1.83 bits per heavy atom. The maximum absolute atomic E-state index is 12.6. The molecule has 8 nitrogen and oxygen atoms in total. The van der Waals surface area contributed by atoms with Crippen LogP contribution in [-0.2, 0) is 0 Å². The molecule has 1 aliphatic rings. The summed E-state index contributed by atoms with van der Waals surface area (Å²) in [4.78, 5) is 49.5. The van der Waals surface area contributed by atoms with E-state index in [-0.39, 0.29) is 28.3 Å². The Bertz CT molecular complexity index is 1030. The van der Waals surface area contributed by atoms with Crippen LogP contribution in [-0.4, -0.2) is 34.1 Å². The number of carbonyl (C=O) groups is 3. The lowest BCUT2D eigenvalue weighted by molar-refractivity contribution is -0.385. The Morgan fingerprint density at radius 3 is 2.48 bits per heavy atom. The number of amides is 3. The van der Waals surface area contributed by atoms with E-state index in [0.29, 0.717) is 30.1 Å². The molecule has 2 aromatic carbocycles. The van der Waals surface area contributed by atoms with Gasteiger partial charge in [-0.2, -0.15) is 0 Å². The van der Waals surface area contributed by atoms with Crippen LogP contribution in [0.25, 0.3) is 0 Å². The first-order valence-electron chi connectivity index (χ1n) is 9.26. The molecule has 2 aromatic rings. The van der Waals surface area contributed by atoms with Gasteiger partial charge in [-0.1, -0.05) is 19.9 Å². The summed E-state index contributed by atoms with van der Waals surface area (Å²) in [7, 11) is 0. The molecule has 0 aromatic heterocycles. The molecule has 0 radical (unpaired) electrons. The predicted molar refractivity (Wildman–Crippen MR) is 107 cm³/mol. The van der Waals surface area contributed by atoms with Crippen molar-refractivity contribution in [1.82, 2.24) is 4.90 Å². The number of nitro benzene ring substituents is 1. The summed E-state index contributed by atoms with van der Waals surface area (Å²) >= 11 is 0. The average molecular weight is 395 g/mol. The maximum atomic E-state index is 12.6. The van der Waals surface area contributed by atoms with Crippen molar-refractivity contribution < 1.29 is 19.3 Å². The third-order valence-corrected chi connectivity index (χ3v) is 4.91. The van der Waals surface area contributed by atoms with E-state index in [2.05, 4.69) is 5.32 Å². The van der Waals surface area contributed by atoms with E-state index in [1.165, 1.54) is 35.2 Å². The second-order valence-electron chi connectivity index (χ2n) is 7.37. The SMILES string of the molecule is Cc1c(NC(=O)c2ccc3c(c2)C(=O)N(CCC(C)C)C3=O)cccc1[N+](=O)[O-]. The van der Waals surface area contributed by atoms with Crippen LogP contribution in [0.3, 0.4) is 0 Å². The van der Waals surface area contributed by atoms with Gasteiger partial charge in [-0.25, -0.2) is 0 Å². The summed E-state index contributed by atoms with van der Waals surface area (Å²) in [6.45, 7) is 5.90. The molecule has 1 aliphatic heterocycles. The van der Waals surface area contributed by atoms with Crippen molar-refractivity contribution in [3.63, 3.8) is 0 Å². The molecule has 3 amide bonds. The summed E-state index contributed by atoms with van der Waals surface area (Å²) in [5.74, 6) is -0.935. The summed E-state index contributed by atoms with van der Waals surface area (Å²) < 4.78 is 0. The average Bonchev–Trinajstić information content (AvgIpc) is 2.91. The predicted octanol–water partition coefficient (Wildman–Crippen LogP) is 3.80. The van der Waals surface area contributed by atoms with Crippen molar-refractivity contribution >= 4 is 29.1 Å². The van der Waals surface area contributed by atoms with Crippen LogP contribution < -0.4 is 5.32 Å². The molecule has 8 heteroatoms. The number of hydrogen-bond acceptors (Lipinski definition) is 5. The fourth-order valence-electron chi connectivity index (χ4n) is 3.17. The highest BCUT2D eigenvalue weighted by atomic mass is 16.6. The van der Waals surface area contributed by atoms with E-state index in [1.54, 1.807) is 13.0 Å². The number of nitrogens with one attached hydrogen (secondary N) is 1. The highest BCUT2D eigenvalue weighted by Gasteiger charge is 2.35. The summed E-state index contributed by atoms with van der Waals surface area (Å²) in [6.07, 6.45) is 0.699. The molecule has 0 saturated carbocycles. The molecular weight excluding hydrogens is 374 g/mol. The number of rotatable bonds is 6.